The summed E-state index contributed by atoms with van der Waals surface area (Å²) >= 11 is 5.91. The molecule has 24 heavy (non-hydrogen) atoms. The van der Waals surface area contributed by atoms with Crippen LogP contribution in [0.15, 0.2) is 42.6 Å². The van der Waals surface area contributed by atoms with E-state index >= 15 is 0 Å². The first-order valence-electron chi connectivity index (χ1n) is 7.64. The summed E-state index contributed by atoms with van der Waals surface area (Å²) in [6.07, 6.45) is 1.59. The maximum absolute atomic E-state index is 12.9. The average Bonchev–Trinajstić information content (AvgIpc) is 2.69. The Morgan fingerprint density at radius 3 is 2.42 bits per heavy atom. The zero-order chi connectivity index (χ0) is 17.5. The lowest BCUT2D eigenvalue weighted by molar-refractivity contribution is -0.123. The number of hydrogen-bond acceptors (Lipinski definition) is 3. The fourth-order valence-electron chi connectivity index (χ4n) is 2.75. The number of benzene rings is 1. The van der Waals surface area contributed by atoms with Gasteiger partial charge in [0.05, 0.1) is 5.69 Å². The van der Waals surface area contributed by atoms with Crippen LogP contribution in [0.5, 0.6) is 0 Å². The van der Waals surface area contributed by atoms with Gasteiger partial charge in [-0.05, 0) is 50.6 Å². The van der Waals surface area contributed by atoms with Crippen LogP contribution in [0.25, 0.3) is 0 Å². The number of urea groups is 1. The number of carbonyl (C=O) groups is 2. The quantitative estimate of drug-likeness (QED) is 0.629. The highest BCUT2D eigenvalue weighted by Gasteiger charge is 2.51. The minimum atomic E-state index is -0.933. The molecule has 2 heterocycles. The molecule has 0 bridgehead atoms. The van der Waals surface area contributed by atoms with E-state index in [2.05, 4.69) is 4.98 Å². The van der Waals surface area contributed by atoms with Gasteiger partial charge in [0.15, 0.2) is 0 Å². The van der Waals surface area contributed by atoms with E-state index in [4.69, 9.17) is 11.6 Å². The van der Waals surface area contributed by atoms with Gasteiger partial charge in [0.2, 0.25) is 0 Å². The Morgan fingerprint density at radius 2 is 1.79 bits per heavy atom. The van der Waals surface area contributed by atoms with E-state index < -0.39 is 5.54 Å². The molecular weight excluding hydrogens is 326 g/mol. The first kappa shape index (κ1) is 16.5. The average molecular weight is 344 g/mol. The minimum Gasteiger partial charge on any atom is -0.305 e. The van der Waals surface area contributed by atoms with Crippen molar-refractivity contribution in [3.63, 3.8) is 0 Å². The highest BCUT2D eigenvalue weighted by molar-refractivity contribution is 6.29. The minimum absolute atomic E-state index is 0.239. The molecule has 1 aliphatic rings. The van der Waals surface area contributed by atoms with Crippen molar-refractivity contribution in [1.82, 2.24) is 9.88 Å². The van der Waals surface area contributed by atoms with Crippen molar-refractivity contribution in [3.8, 4) is 0 Å². The van der Waals surface area contributed by atoms with Crippen LogP contribution in [0.1, 0.15) is 25.0 Å². The first-order chi connectivity index (χ1) is 11.3. The van der Waals surface area contributed by atoms with Crippen molar-refractivity contribution in [1.29, 1.82) is 0 Å². The highest BCUT2D eigenvalue weighted by atomic mass is 35.5. The van der Waals surface area contributed by atoms with Gasteiger partial charge in [0.25, 0.3) is 5.91 Å². The Labute approximate surface area is 145 Å². The second-order valence-corrected chi connectivity index (χ2v) is 6.78. The summed E-state index contributed by atoms with van der Waals surface area (Å²) in [5.74, 6) is -0.239. The van der Waals surface area contributed by atoms with Crippen LogP contribution in [0.2, 0.25) is 5.15 Å². The third kappa shape index (κ3) is 2.76. The summed E-state index contributed by atoms with van der Waals surface area (Å²) in [5.41, 5.74) is 1.55. The molecule has 6 heteroatoms. The number of carbonyl (C=O) groups excluding carboxylic acids is 2. The Bertz CT molecular complexity index is 802. The zero-order valence-corrected chi connectivity index (χ0v) is 14.5. The molecule has 1 aliphatic heterocycles. The molecule has 3 rings (SSSR count). The van der Waals surface area contributed by atoms with Gasteiger partial charge in [-0.1, -0.05) is 29.3 Å². The Kier molecular flexibility index (Phi) is 4.05. The van der Waals surface area contributed by atoms with Crippen molar-refractivity contribution in [2.75, 3.05) is 4.90 Å². The number of aromatic nitrogens is 1. The molecule has 0 radical (unpaired) electrons. The molecule has 5 nitrogen and oxygen atoms in total. The van der Waals surface area contributed by atoms with Gasteiger partial charge in [-0.15, -0.1) is 0 Å². The van der Waals surface area contributed by atoms with Crippen molar-refractivity contribution in [2.24, 2.45) is 0 Å². The normalized spacial score (nSPS) is 16.8. The second-order valence-electron chi connectivity index (χ2n) is 6.39. The van der Waals surface area contributed by atoms with Crippen molar-refractivity contribution >= 4 is 29.2 Å². The van der Waals surface area contributed by atoms with Gasteiger partial charge in [0.1, 0.15) is 10.7 Å². The van der Waals surface area contributed by atoms with E-state index in [9.17, 15) is 9.59 Å². The lowest BCUT2D eigenvalue weighted by atomic mass is 10.0. The first-order valence-corrected chi connectivity index (χ1v) is 8.02. The molecule has 1 aromatic carbocycles. The predicted octanol–water partition coefficient (Wildman–Crippen LogP) is 3.79. The predicted molar refractivity (Wildman–Crippen MR) is 92.9 cm³/mol. The summed E-state index contributed by atoms with van der Waals surface area (Å²) in [5, 5.41) is 0.360. The van der Waals surface area contributed by atoms with Crippen LogP contribution in [-0.2, 0) is 11.3 Å². The summed E-state index contributed by atoms with van der Waals surface area (Å²) in [6.45, 7) is 5.76. The summed E-state index contributed by atoms with van der Waals surface area (Å²) in [6, 6.07) is 10.5. The number of rotatable bonds is 3. The second kappa shape index (κ2) is 5.91. The molecule has 0 spiro atoms. The summed E-state index contributed by atoms with van der Waals surface area (Å²) in [4.78, 5) is 32.4. The smallest absolute Gasteiger partial charge is 0.305 e. The lowest BCUT2D eigenvalue weighted by Crippen LogP contribution is -2.43. The van der Waals surface area contributed by atoms with Gasteiger partial charge < -0.3 is 4.90 Å². The molecular formula is C18H18ClN3O2. The molecule has 3 amide bonds. The fourth-order valence-corrected chi connectivity index (χ4v) is 2.94. The van der Waals surface area contributed by atoms with Crippen molar-refractivity contribution in [2.45, 2.75) is 32.9 Å². The number of pyridine rings is 1. The van der Waals surface area contributed by atoms with Crippen LogP contribution in [0.3, 0.4) is 0 Å². The number of aryl methyl sites for hydroxylation is 1. The third-order valence-corrected chi connectivity index (χ3v) is 4.45. The number of anilines is 1. The van der Waals surface area contributed by atoms with E-state index in [1.807, 2.05) is 19.1 Å². The van der Waals surface area contributed by atoms with Gasteiger partial charge in [0, 0.05) is 12.7 Å². The number of halogens is 1. The topological polar surface area (TPSA) is 53.5 Å². The molecule has 1 aromatic heterocycles. The molecule has 0 N–H and O–H groups in total. The Balaban J connectivity index is 1.94. The largest absolute Gasteiger partial charge is 0.332 e. The summed E-state index contributed by atoms with van der Waals surface area (Å²) < 4.78 is 0. The van der Waals surface area contributed by atoms with Gasteiger partial charge in [-0.2, -0.15) is 0 Å². The molecule has 0 atom stereocenters. The van der Waals surface area contributed by atoms with Crippen LogP contribution in [-0.4, -0.2) is 27.4 Å². The van der Waals surface area contributed by atoms with E-state index in [1.165, 1.54) is 4.90 Å². The molecule has 0 aliphatic carbocycles. The maximum atomic E-state index is 12.9. The van der Waals surface area contributed by atoms with Crippen molar-refractivity contribution < 1.29 is 9.59 Å². The maximum Gasteiger partial charge on any atom is 0.332 e. The van der Waals surface area contributed by atoms with Crippen LogP contribution in [0.4, 0.5) is 10.5 Å². The van der Waals surface area contributed by atoms with Crippen LogP contribution < -0.4 is 4.90 Å². The fraction of sp³-hybridized carbons (Fsp3) is 0.278. The van der Waals surface area contributed by atoms with E-state index in [1.54, 1.807) is 49.2 Å². The molecule has 0 saturated carbocycles. The third-order valence-electron chi connectivity index (χ3n) is 4.25. The zero-order valence-electron chi connectivity index (χ0n) is 13.8. The molecule has 1 fully saturated rings. The molecule has 1 saturated heterocycles. The van der Waals surface area contributed by atoms with E-state index in [-0.39, 0.29) is 11.9 Å². The number of imide groups is 1. The lowest BCUT2D eigenvalue weighted by Gasteiger charge is -2.27. The molecule has 2 aromatic rings. The molecule has 0 unspecified atom stereocenters. The van der Waals surface area contributed by atoms with Gasteiger partial charge in [-0.3, -0.25) is 4.79 Å². The van der Waals surface area contributed by atoms with Gasteiger partial charge >= 0.3 is 6.03 Å². The number of nitrogens with zero attached hydrogens (tertiary/aromatic N) is 3. The highest BCUT2D eigenvalue weighted by Crippen LogP contribution is 2.33. The monoisotopic (exact) mass is 343 g/mol. The molecule has 124 valence electrons. The van der Waals surface area contributed by atoms with Crippen LogP contribution >= 0.6 is 11.6 Å². The standard InChI is InChI=1S/C18H18ClN3O2/c1-12-4-6-14(7-5-12)22-16(23)18(2,3)21(17(22)24)11-13-8-9-20-15(19)10-13/h4-10H,11H2,1-3H3. The SMILES string of the molecule is Cc1ccc(N2C(=O)N(Cc3ccnc(Cl)c3)C(C)(C)C2=O)cc1. The number of amides is 3. The van der Waals surface area contributed by atoms with Crippen molar-refractivity contribution in [3.05, 3.63) is 58.9 Å². The Morgan fingerprint density at radius 1 is 1.12 bits per heavy atom. The summed E-state index contributed by atoms with van der Waals surface area (Å²) in [7, 11) is 0. The Hall–Kier alpha value is -2.40. The van der Waals surface area contributed by atoms with Gasteiger partial charge in [-0.25, -0.2) is 14.7 Å². The van der Waals surface area contributed by atoms with E-state index in [0.29, 0.717) is 17.4 Å². The number of hydrogen-bond donors (Lipinski definition) is 0. The van der Waals surface area contributed by atoms with E-state index in [0.717, 1.165) is 11.1 Å². The van der Waals surface area contributed by atoms with Crippen LogP contribution in [0, 0.1) is 6.92 Å².